The van der Waals surface area contributed by atoms with E-state index in [1.807, 2.05) is 0 Å². The van der Waals surface area contributed by atoms with Crippen molar-refractivity contribution >= 4 is 5.97 Å². The second kappa shape index (κ2) is 3.48. The van der Waals surface area contributed by atoms with E-state index in [9.17, 15) is 4.79 Å². The van der Waals surface area contributed by atoms with Gasteiger partial charge in [0.15, 0.2) is 0 Å². The molecule has 2 aliphatic carbocycles. The number of hydrogen-bond donors (Lipinski definition) is 0. The Hall–Kier alpha value is -0.570. The summed E-state index contributed by atoms with van der Waals surface area (Å²) in [5.74, 6) is 1.34. The highest BCUT2D eigenvalue weighted by Crippen LogP contribution is 2.51. The molecule has 3 nitrogen and oxygen atoms in total. The predicted octanol–water partition coefficient (Wildman–Crippen LogP) is 1.75. The number of epoxide rings is 1. The first-order chi connectivity index (χ1) is 7.31. The molecule has 3 unspecified atom stereocenters. The Labute approximate surface area is 90.1 Å². The lowest BCUT2D eigenvalue weighted by Crippen LogP contribution is -2.28. The van der Waals surface area contributed by atoms with E-state index in [0.29, 0.717) is 24.0 Å². The molecule has 0 aromatic heterocycles. The van der Waals surface area contributed by atoms with Crippen molar-refractivity contribution in [1.29, 1.82) is 0 Å². The first kappa shape index (κ1) is 9.64. The van der Waals surface area contributed by atoms with E-state index < -0.39 is 0 Å². The number of ether oxygens (including phenoxy) is 2. The van der Waals surface area contributed by atoms with E-state index in [-0.39, 0.29) is 11.9 Å². The fourth-order valence-electron chi connectivity index (χ4n) is 3.69. The van der Waals surface area contributed by atoms with E-state index >= 15 is 0 Å². The molecule has 3 fully saturated rings. The van der Waals surface area contributed by atoms with Crippen molar-refractivity contribution in [3.8, 4) is 0 Å². The highest BCUT2D eigenvalue weighted by atomic mass is 16.6. The van der Waals surface area contributed by atoms with Crippen molar-refractivity contribution < 1.29 is 14.3 Å². The topological polar surface area (TPSA) is 38.8 Å². The average molecular weight is 210 g/mol. The predicted molar refractivity (Wildman–Crippen MR) is 54.2 cm³/mol. The number of hydrogen-bond acceptors (Lipinski definition) is 3. The third-order valence-electron chi connectivity index (χ3n) is 4.45. The number of methoxy groups -OCH3 is 1. The highest BCUT2D eigenvalue weighted by Gasteiger charge is 2.54. The van der Waals surface area contributed by atoms with Crippen LogP contribution in [0.3, 0.4) is 0 Å². The van der Waals surface area contributed by atoms with Gasteiger partial charge < -0.3 is 9.47 Å². The molecule has 0 aromatic carbocycles. The number of carbonyl (C=O) groups is 1. The van der Waals surface area contributed by atoms with Gasteiger partial charge in [-0.2, -0.15) is 0 Å². The van der Waals surface area contributed by atoms with E-state index in [1.54, 1.807) is 0 Å². The molecule has 1 aliphatic heterocycles. The van der Waals surface area contributed by atoms with E-state index in [2.05, 4.69) is 0 Å². The number of fused-ring (bicyclic) bond motifs is 3. The Kier molecular flexibility index (Phi) is 2.23. The molecule has 0 amide bonds. The van der Waals surface area contributed by atoms with Gasteiger partial charge in [-0.3, -0.25) is 4.79 Å². The van der Waals surface area contributed by atoms with Gasteiger partial charge in [0.2, 0.25) is 0 Å². The quantitative estimate of drug-likeness (QED) is 0.489. The van der Waals surface area contributed by atoms with Crippen molar-refractivity contribution in [2.45, 2.75) is 44.3 Å². The summed E-state index contributed by atoms with van der Waals surface area (Å²) in [4.78, 5) is 11.7. The standard InChI is InChI=1S/C12H18O3/c1-14-12(13)9-5-6-10-11(15-10)8-4-2-3-7(8)9/h7-11H,2-6H2,1H3/t7-,8+,9?,10?,11?/m1/s1. The fraction of sp³-hybridized carbons (Fsp3) is 0.917. The first-order valence-corrected chi connectivity index (χ1v) is 6.04. The smallest absolute Gasteiger partial charge is 0.308 e. The van der Waals surface area contributed by atoms with Gasteiger partial charge >= 0.3 is 5.97 Å². The van der Waals surface area contributed by atoms with Crippen molar-refractivity contribution in [3.63, 3.8) is 0 Å². The molecule has 1 saturated heterocycles. The third kappa shape index (κ3) is 1.48. The van der Waals surface area contributed by atoms with Crippen molar-refractivity contribution in [2.24, 2.45) is 17.8 Å². The van der Waals surface area contributed by atoms with Crippen LogP contribution >= 0.6 is 0 Å². The maximum atomic E-state index is 11.7. The van der Waals surface area contributed by atoms with Gasteiger partial charge in [-0.1, -0.05) is 6.42 Å². The summed E-state index contributed by atoms with van der Waals surface area (Å²) in [6.45, 7) is 0. The molecule has 0 aromatic rings. The minimum absolute atomic E-state index is 0.00759. The Balaban J connectivity index is 1.80. The van der Waals surface area contributed by atoms with Crippen LogP contribution in [0.1, 0.15) is 32.1 Å². The summed E-state index contributed by atoms with van der Waals surface area (Å²) in [5, 5.41) is 0. The lowest BCUT2D eigenvalue weighted by molar-refractivity contribution is -0.148. The van der Waals surface area contributed by atoms with Crippen molar-refractivity contribution in [1.82, 2.24) is 0 Å². The maximum Gasteiger partial charge on any atom is 0.308 e. The maximum absolute atomic E-state index is 11.7. The van der Waals surface area contributed by atoms with Crippen LogP contribution in [0.25, 0.3) is 0 Å². The zero-order chi connectivity index (χ0) is 10.4. The van der Waals surface area contributed by atoms with Crippen LogP contribution in [0.15, 0.2) is 0 Å². The van der Waals surface area contributed by atoms with Crippen LogP contribution in [0.2, 0.25) is 0 Å². The lowest BCUT2D eigenvalue weighted by atomic mass is 9.82. The second-order valence-corrected chi connectivity index (χ2v) is 5.10. The van der Waals surface area contributed by atoms with Gasteiger partial charge in [0.25, 0.3) is 0 Å². The monoisotopic (exact) mass is 210 g/mol. The summed E-state index contributed by atoms with van der Waals surface area (Å²) in [6.07, 6.45) is 6.66. The summed E-state index contributed by atoms with van der Waals surface area (Å²) in [7, 11) is 1.51. The summed E-state index contributed by atoms with van der Waals surface area (Å²) >= 11 is 0. The first-order valence-electron chi connectivity index (χ1n) is 6.04. The molecule has 0 radical (unpaired) electrons. The average Bonchev–Trinajstić information content (AvgIpc) is 2.90. The summed E-state index contributed by atoms with van der Waals surface area (Å²) < 4.78 is 10.6. The Morgan fingerprint density at radius 1 is 1.20 bits per heavy atom. The van der Waals surface area contributed by atoms with Crippen LogP contribution in [0.4, 0.5) is 0 Å². The van der Waals surface area contributed by atoms with Crippen LogP contribution in [0.5, 0.6) is 0 Å². The molecule has 5 atom stereocenters. The molecule has 0 N–H and O–H groups in total. The normalized spacial score (nSPS) is 47.7. The summed E-state index contributed by atoms with van der Waals surface area (Å²) in [5.41, 5.74) is 0. The van der Waals surface area contributed by atoms with Gasteiger partial charge in [0.1, 0.15) is 0 Å². The number of carbonyl (C=O) groups excluding carboxylic acids is 1. The molecule has 15 heavy (non-hydrogen) atoms. The Morgan fingerprint density at radius 2 is 2.00 bits per heavy atom. The molecule has 0 bridgehead atoms. The van der Waals surface area contributed by atoms with E-state index in [0.717, 1.165) is 12.8 Å². The Bertz CT molecular complexity index is 276. The van der Waals surface area contributed by atoms with Crippen molar-refractivity contribution in [2.75, 3.05) is 7.11 Å². The SMILES string of the molecule is COC(=O)C1CCC2OC2[C@H]2CCC[C@@H]12. The molecule has 0 spiro atoms. The van der Waals surface area contributed by atoms with Gasteiger partial charge in [-0.05, 0) is 37.5 Å². The second-order valence-electron chi connectivity index (χ2n) is 5.10. The van der Waals surface area contributed by atoms with Gasteiger partial charge in [0.05, 0.1) is 25.2 Å². The number of rotatable bonds is 1. The van der Waals surface area contributed by atoms with E-state index in [1.165, 1.54) is 26.4 Å². The van der Waals surface area contributed by atoms with Gasteiger partial charge in [-0.15, -0.1) is 0 Å². The minimum Gasteiger partial charge on any atom is -0.469 e. The van der Waals surface area contributed by atoms with Gasteiger partial charge in [0, 0.05) is 0 Å². The largest absolute Gasteiger partial charge is 0.469 e. The molecule has 2 saturated carbocycles. The molecule has 84 valence electrons. The van der Waals surface area contributed by atoms with E-state index in [4.69, 9.17) is 9.47 Å². The highest BCUT2D eigenvalue weighted by molar-refractivity contribution is 5.72. The molecule has 3 rings (SSSR count). The van der Waals surface area contributed by atoms with Crippen LogP contribution in [0, 0.1) is 17.8 Å². The minimum atomic E-state index is 0.00759. The molecular weight excluding hydrogens is 192 g/mol. The fourth-order valence-corrected chi connectivity index (χ4v) is 3.69. The molecule has 3 aliphatic rings. The molecule has 1 heterocycles. The van der Waals surface area contributed by atoms with Crippen molar-refractivity contribution in [3.05, 3.63) is 0 Å². The zero-order valence-electron chi connectivity index (χ0n) is 9.15. The summed E-state index contributed by atoms with van der Waals surface area (Å²) in [6, 6.07) is 0. The van der Waals surface area contributed by atoms with Crippen LogP contribution in [-0.4, -0.2) is 25.3 Å². The molecule has 3 heteroatoms. The number of esters is 1. The lowest BCUT2D eigenvalue weighted by Gasteiger charge is -2.24. The van der Waals surface area contributed by atoms with Gasteiger partial charge in [-0.25, -0.2) is 0 Å². The third-order valence-corrected chi connectivity index (χ3v) is 4.45. The van der Waals surface area contributed by atoms with Crippen LogP contribution < -0.4 is 0 Å². The zero-order valence-corrected chi connectivity index (χ0v) is 9.15. The molecular formula is C12H18O3. The van der Waals surface area contributed by atoms with Crippen LogP contribution in [-0.2, 0) is 14.3 Å². The Morgan fingerprint density at radius 3 is 2.80 bits per heavy atom.